The summed E-state index contributed by atoms with van der Waals surface area (Å²) in [6.07, 6.45) is 0.0553. The molecule has 1 saturated heterocycles. The molecule has 1 unspecified atom stereocenters. The van der Waals surface area contributed by atoms with Gasteiger partial charge in [0.25, 0.3) is 0 Å². The Labute approximate surface area is 214 Å². The van der Waals surface area contributed by atoms with Crippen LogP contribution in [-0.2, 0) is 20.9 Å². The SMILES string of the molecule is CCOC(=O)c1cccc(CNC(=O)[C@H]2CC(c3ccc(OC(F)F)c(OC(C)C)c3)CN2C(C)=O)n1. The van der Waals surface area contributed by atoms with Crippen molar-refractivity contribution in [3.05, 3.63) is 53.3 Å². The van der Waals surface area contributed by atoms with Crippen LogP contribution in [0, 0.1) is 0 Å². The third kappa shape index (κ3) is 7.37. The van der Waals surface area contributed by atoms with Crippen molar-refractivity contribution in [2.75, 3.05) is 13.2 Å². The lowest BCUT2D eigenvalue weighted by Crippen LogP contribution is -2.45. The summed E-state index contributed by atoms with van der Waals surface area (Å²) in [5.41, 5.74) is 1.34. The number of carbonyl (C=O) groups excluding carboxylic acids is 3. The first-order valence-electron chi connectivity index (χ1n) is 12.0. The number of carbonyl (C=O) groups is 3. The predicted octanol–water partition coefficient (Wildman–Crippen LogP) is 3.67. The second kappa shape index (κ2) is 12.5. The normalized spacial score (nSPS) is 17.1. The largest absolute Gasteiger partial charge is 0.487 e. The van der Waals surface area contributed by atoms with E-state index in [0.29, 0.717) is 12.1 Å². The van der Waals surface area contributed by atoms with Crippen molar-refractivity contribution in [2.24, 2.45) is 0 Å². The van der Waals surface area contributed by atoms with Gasteiger partial charge in [0, 0.05) is 19.4 Å². The van der Waals surface area contributed by atoms with E-state index >= 15 is 0 Å². The number of hydrogen-bond acceptors (Lipinski definition) is 7. The average Bonchev–Trinajstić information content (AvgIpc) is 3.29. The highest BCUT2D eigenvalue weighted by molar-refractivity contribution is 5.88. The number of hydrogen-bond donors (Lipinski definition) is 1. The van der Waals surface area contributed by atoms with Gasteiger partial charge in [-0.15, -0.1) is 0 Å². The maximum Gasteiger partial charge on any atom is 0.387 e. The van der Waals surface area contributed by atoms with Gasteiger partial charge in [-0.3, -0.25) is 9.59 Å². The number of amides is 2. The summed E-state index contributed by atoms with van der Waals surface area (Å²) in [5, 5.41) is 2.79. The molecular formula is C26H31F2N3O6. The lowest BCUT2D eigenvalue weighted by Gasteiger charge is -2.22. The molecule has 2 heterocycles. The van der Waals surface area contributed by atoms with Gasteiger partial charge in [-0.25, -0.2) is 9.78 Å². The number of aromatic nitrogens is 1. The van der Waals surface area contributed by atoms with Crippen molar-refractivity contribution >= 4 is 17.8 Å². The Bertz CT molecular complexity index is 1130. The van der Waals surface area contributed by atoms with Crippen LogP contribution in [0.3, 0.4) is 0 Å². The zero-order chi connectivity index (χ0) is 27.1. The van der Waals surface area contributed by atoms with E-state index in [0.717, 1.165) is 5.56 Å². The summed E-state index contributed by atoms with van der Waals surface area (Å²) >= 11 is 0. The van der Waals surface area contributed by atoms with Crippen LogP contribution in [0.1, 0.15) is 61.8 Å². The molecule has 37 heavy (non-hydrogen) atoms. The second-order valence-corrected chi connectivity index (χ2v) is 8.82. The first kappa shape index (κ1) is 27.8. The molecule has 200 valence electrons. The van der Waals surface area contributed by atoms with Gasteiger partial charge in [0.15, 0.2) is 11.5 Å². The maximum absolute atomic E-state index is 13.1. The monoisotopic (exact) mass is 519 g/mol. The third-order valence-corrected chi connectivity index (χ3v) is 5.76. The van der Waals surface area contributed by atoms with Crippen molar-refractivity contribution in [1.29, 1.82) is 0 Å². The van der Waals surface area contributed by atoms with E-state index < -0.39 is 18.6 Å². The summed E-state index contributed by atoms with van der Waals surface area (Å²) in [6, 6.07) is 8.77. The molecule has 0 saturated carbocycles. The molecule has 2 aromatic rings. The minimum atomic E-state index is -3.00. The van der Waals surface area contributed by atoms with Gasteiger partial charge in [-0.05, 0) is 57.0 Å². The molecule has 0 spiro atoms. The zero-order valence-corrected chi connectivity index (χ0v) is 21.2. The number of ether oxygens (including phenoxy) is 3. The summed E-state index contributed by atoms with van der Waals surface area (Å²) in [5.74, 6) is -1.31. The summed E-state index contributed by atoms with van der Waals surface area (Å²) < 4.78 is 40.8. The highest BCUT2D eigenvalue weighted by Crippen LogP contribution is 2.38. The Hall–Kier alpha value is -3.76. The van der Waals surface area contributed by atoms with Gasteiger partial charge in [0.2, 0.25) is 11.8 Å². The van der Waals surface area contributed by atoms with E-state index in [1.165, 1.54) is 24.0 Å². The standard InChI is InChI=1S/C26H31F2N3O6/c1-5-35-25(34)20-8-6-7-19(30-20)13-29-24(33)21-11-18(14-31(21)16(4)32)17-9-10-22(37-26(27)28)23(12-17)36-15(2)3/h6-10,12,15,18,21,26H,5,11,13-14H2,1-4H3,(H,29,33)/t18?,21-/m1/s1. The number of esters is 1. The van der Waals surface area contributed by atoms with Crippen LogP contribution < -0.4 is 14.8 Å². The van der Waals surface area contributed by atoms with Crippen LogP contribution in [0.5, 0.6) is 11.5 Å². The molecule has 2 amide bonds. The van der Waals surface area contributed by atoms with Gasteiger partial charge in [-0.1, -0.05) is 12.1 Å². The number of alkyl halides is 2. The lowest BCUT2D eigenvalue weighted by atomic mass is 9.95. The quantitative estimate of drug-likeness (QED) is 0.478. The fourth-order valence-electron chi connectivity index (χ4n) is 4.18. The molecule has 11 heteroatoms. The van der Waals surface area contributed by atoms with E-state index in [2.05, 4.69) is 15.0 Å². The minimum absolute atomic E-state index is 0.0605. The molecule has 1 aliphatic heterocycles. The van der Waals surface area contributed by atoms with Crippen LogP contribution in [0.25, 0.3) is 0 Å². The molecule has 0 bridgehead atoms. The molecular weight excluding hydrogens is 488 g/mol. The Kier molecular flexibility index (Phi) is 9.37. The number of likely N-dealkylation sites (tertiary alicyclic amines) is 1. The summed E-state index contributed by atoms with van der Waals surface area (Å²) in [7, 11) is 0. The van der Waals surface area contributed by atoms with E-state index in [-0.39, 0.29) is 60.7 Å². The van der Waals surface area contributed by atoms with Crippen LogP contribution in [-0.4, -0.2) is 59.6 Å². The van der Waals surface area contributed by atoms with Gasteiger partial charge >= 0.3 is 12.6 Å². The highest BCUT2D eigenvalue weighted by Gasteiger charge is 2.39. The number of benzene rings is 1. The Balaban J connectivity index is 1.74. The van der Waals surface area contributed by atoms with Crippen LogP contribution in [0.2, 0.25) is 0 Å². The summed E-state index contributed by atoms with van der Waals surface area (Å²) in [4.78, 5) is 43.0. The van der Waals surface area contributed by atoms with Gasteiger partial charge in [0.1, 0.15) is 11.7 Å². The van der Waals surface area contributed by atoms with Crippen molar-refractivity contribution < 1.29 is 37.4 Å². The van der Waals surface area contributed by atoms with E-state index in [4.69, 9.17) is 9.47 Å². The predicted molar refractivity (Wildman–Crippen MR) is 129 cm³/mol. The zero-order valence-electron chi connectivity index (χ0n) is 21.2. The molecule has 2 atom stereocenters. The van der Waals surface area contributed by atoms with Gasteiger partial charge < -0.3 is 24.4 Å². The molecule has 9 nitrogen and oxygen atoms in total. The number of halogens is 2. The van der Waals surface area contributed by atoms with Crippen molar-refractivity contribution in [2.45, 2.75) is 65.3 Å². The first-order chi connectivity index (χ1) is 17.6. The fraction of sp³-hybridized carbons (Fsp3) is 0.462. The molecule has 1 N–H and O–H groups in total. The molecule has 1 aliphatic rings. The molecule has 3 rings (SSSR count). The number of rotatable bonds is 10. The third-order valence-electron chi connectivity index (χ3n) is 5.76. The number of pyridine rings is 1. The number of nitrogens with one attached hydrogen (secondary N) is 1. The van der Waals surface area contributed by atoms with E-state index in [1.54, 1.807) is 45.0 Å². The molecule has 0 aliphatic carbocycles. The Morgan fingerprint density at radius 3 is 2.54 bits per heavy atom. The summed E-state index contributed by atoms with van der Waals surface area (Å²) in [6.45, 7) is 4.18. The molecule has 0 radical (unpaired) electrons. The van der Waals surface area contributed by atoms with Crippen LogP contribution in [0.15, 0.2) is 36.4 Å². The lowest BCUT2D eigenvalue weighted by molar-refractivity contribution is -0.136. The molecule has 1 aromatic heterocycles. The Morgan fingerprint density at radius 1 is 1.14 bits per heavy atom. The minimum Gasteiger partial charge on any atom is -0.487 e. The van der Waals surface area contributed by atoms with E-state index in [1.807, 2.05) is 0 Å². The smallest absolute Gasteiger partial charge is 0.387 e. The molecule has 1 fully saturated rings. The van der Waals surface area contributed by atoms with Crippen molar-refractivity contribution in [3.63, 3.8) is 0 Å². The number of nitrogens with zero attached hydrogens (tertiary/aromatic N) is 2. The molecule has 1 aromatic carbocycles. The van der Waals surface area contributed by atoms with Crippen LogP contribution >= 0.6 is 0 Å². The second-order valence-electron chi connectivity index (χ2n) is 8.82. The van der Waals surface area contributed by atoms with Crippen molar-refractivity contribution in [1.82, 2.24) is 15.2 Å². The van der Waals surface area contributed by atoms with Crippen LogP contribution in [0.4, 0.5) is 8.78 Å². The maximum atomic E-state index is 13.1. The first-order valence-corrected chi connectivity index (χ1v) is 12.0. The van der Waals surface area contributed by atoms with Gasteiger partial charge in [0.05, 0.1) is 24.9 Å². The topological polar surface area (TPSA) is 107 Å². The Morgan fingerprint density at radius 2 is 1.89 bits per heavy atom. The van der Waals surface area contributed by atoms with Gasteiger partial charge in [-0.2, -0.15) is 8.78 Å². The fourth-order valence-corrected chi connectivity index (χ4v) is 4.18. The highest BCUT2D eigenvalue weighted by atomic mass is 19.3. The van der Waals surface area contributed by atoms with E-state index in [9.17, 15) is 23.2 Å². The average molecular weight is 520 g/mol. The van der Waals surface area contributed by atoms with Crippen molar-refractivity contribution in [3.8, 4) is 11.5 Å².